The monoisotopic (exact) mass is 193 g/mol. The van der Waals surface area contributed by atoms with E-state index in [0.717, 1.165) is 5.69 Å². The summed E-state index contributed by atoms with van der Waals surface area (Å²) in [7, 11) is 4.26. The van der Waals surface area contributed by atoms with Gasteiger partial charge in [0.15, 0.2) is 0 Å². The Morgan fingerprint density at radius 3 is 2.79 bits per heavy atom. The lowest BCUT2D eigenvalue weighted by atomic mass is 9.95. The van der Waals surface area contributed by atoms with Crippen LogP contribution in [0.2, 0.25) is 0 Å². The second-order valence-electron chi connectivity index (χ2n) is 4.44. The first kappa shape index (κ1) is 9.71. The third-order valence-electron chi connectivity index (χ3n) is 3.08. The van der Waals surface area contributed by atoms with Crippen LogP contribution in [0.4, 0.5) is 0 Å². The largest absolute Gasteiger partial charge is 0.306 e. The second-order valence-corrected chi connectivity index (χ2v) is 4.44. The molecule has 1 saturated heterocycles. The molecule has 0 amide bonds. The van der Waals surface area contributed by atoms with Crippen molar-refractivity contribution >= 4 is 0 Å². The van der Waals surface area contributed by atoms with Crippen LogP contribution in [-0.4, -0.2) is 34.8 Å². The minimum Gasteiger partial charge on any atom is -0.306 e. The van der Waals surface area contributed by atoms with E-state index in [1.54, 1.807) is 0 Å². The van der Waals surface area contributed by atoms with E-state index in [1.165, 1.54) is 31.6 Å². The van der Waals surface area contributed by atoms with Gasteiger partial charge < -0.3 is 4.90 Å². The zero-order valence-corrected chi connectivity index (χ0v) is 9.32. The quantitative estimate of drug-likeness (QED) is 0.674. The van der Waals surface area contributed by atoms with Crippen LogP contribution in [0.3, 0.4) is 0 Å². The summed E-state index contributed by atoms with van der Waals surface area (Å²) in [5.41, 5.74) is 2.53. The van der Waals surface area contributed by atoms with Crippen molar-refractivity contribution in [3.63, 3.8) is 0 Å². The van der Waals surface area contributed by atoms with Gasteiger partial charge in [0, 0.05) is 25.2 Å². The Bertz CT molecular complexity index is 316. The van der Waals surface area contributed by atoms with Crippen LogP contribution in [0.5, 0.6) is 0 Å². The molecule has 2 rings (SSSR count). The molecule has 1 aromatic heterocycles. The molecule has 1 fully saturated rings. The molecule has 1 unspecified atom stereocenters. The summed E-state index contributed by atoms with van der Waals surface area (Å²) in [4.78, 5) is 2.41. The third kappa shape index (κ3) is 1.82. The fourth-order valence-electron chi connectivity index (χ4n) is 2.42. The molecule has 14 heavy (non-hydrogen) atoms. The van der Waals surface area contributed by atoms with E-state index in [4.69, 9.17) is 0 Å². The molecule has 0 N–H and O–H groups in total. The lowest BCUT2D eigenvalue weighted by molar-refractivity contribution is 0.245. The Morgan fingerprint density at radius 1 is 1.43 bits per heavy atom. The number of nitrogens with zero attached hydrogens (tertiary/aromatic N) is 3. The number of likely N-dealkylation sites (N-methyl/N-ethyl adjacent to an activating group) is 1. The molecule has 0 saturated carbocycles. The first-order valence-electron chi connectivity index (χ1n) is 5.36. The Morgan fingerprint density at radius 2 is 2.21 bits per heavy atom. The summed E-state index contributed by atoms with van der Waals surface area (Å²) in [6.07, 6.45) is 2.62. The van der Waals surface area contributed by atoms with Gasteiger partial charge in [0.2, 0.25) is 0 Å². The summed E-state index contributed by atoms with van der Waals surface area (Å²) < 4.78 is 2.04. The van der Waals surface area contributed by atoms with Crippen LogP contribution in [0.15, 0.2) is 6.07 Å². The number of likely N-dealkylation sites (tertiary alicyclic amines) is 1. The molecular weight excluding hydrogens is 174 g/mol. The number of hydrogen-bond donors (Lipinski definition) is 0. The number of hydrogen-bond acceptors (Lipinski definition) is 2. The van der Waals surface area contributed by atoms with Gasteiger partial charge in [-0.15, -0.1) is 0 Å². The number of rotatable bonds is 1. The second kappa shape index (κ2) is 3.73. The topological polar surface area (TPSA) is 21.1 Å². The molecule has 3 nitrogen and oxygen atoms in total. The van der Waals surface area contributed by atoms with Crippen molar-refractivity contribution in [1.82, 2.24) is 14.7 Å². The lowest BCUT2D eigenvalue weighted by Gasteiger charge is -2.29. The Balaban J connectivity index is 2.17. The van der Waals surface area contributed by atoms with E-state index in [9.17, 15) is 0 Å². The van der Waals surface area contributed by atoms with Crippen molar-refractivity contribution < 1.29 is 0 Å². The van der Waals surface area contributed by atoms with Gasteiger partial charge in [0.1, 0.15) is 0 Å². The molecule has 78 valence electrons. The predicted molar refractivity (Wildman–Crippen MR) is 57.4 cm³/mol. The van der Waals surface area contributed by atoms with Crippen molar-refractivity contribution in [2.45, 2.75) is 25.7 Å². The average Bonchev–Trinajstić information content (AvgIpc) is 2.45. The van der Waals surface area contributed by atoms with E-state index in [0.29, 0.717) is 5.92 Å². The van der Waals surface area contributed by atoms with Gasteiger partial charge in [0.25, 0.3) is 0 Å². The Kier molecular flexibility index (Phi) is 2.59. The van der Waals surface area contributed by atoms with Crippen LogP contribution in [0, 0.1) is 6.92 Å². The SMILES string of the molecule is Cc1cc(C2CCCN(C)C2)n(C)n1. The van der Waals surface area contributed by atoms with Crippen molar-refractivity contribution in [1.29, 1.82) is 0 Å². The highest BCUT2D eigenvalue weighted by atomic mass is 15.3. The van der Waals surface area contributed by atoms with Crippen molar-refractivity contribution in [2.24, 2.45) is 7.05 Å². The molecule has 1 aromatic rings. The van der Waals surface area contributed by atoms with Gasteiger partial charge in [-0.3, -0.25) is 4.68 Å². The van der Waals surface area contributed by atoms with Crippen LogP contribution >= 0.6 is 0 Å². The zero-order valence-electron chi connectivity index (χ0n) is 9.32. The van der Waals surface area contributed by atoms with Crippen LogP contribution in [-0.2, 0) is 7.05 Å². The molecule has 3 heteroatoms. The zero-order chi connectivity index (χ0) is 10.1. The van der Waals surface area contributed by atoms with Gasteiger partial charge in [-0.25, -0.2) is 0 Å². The highest BCUT2D eigenvalue weighted by Gasteiger charge is 2.21. The molecule has 0 bridgehead atoms. The normalized spacial score (nSPS) is 24.1. The lowest BCUT2D eigenvalue weighted by Crippen LogP contribution is -2.31. The maximum atomic E-state index is 4.41. The average molecular weight is 193 g/mol. The molecule has 2 heterocycles. The van der Waals surface area contributed by atoms with Gasteiger partial charge in [-0.2, -0.15) is 5.10 Å². The van der Waals surface area contributed by atoms with Crippen LogP contribution < -0.4 is 0 Å². The first-order chi connectivity index (χ1) is 6.66. The van der Waals surface area contributed by atoms with Gasteiger partial charge in [-0.1, -0.05) is 0 Å². The van der Waals surface area contributed by atoms with Crippen LogP contribution in [0.1, 0.15) is 30.1 Å². The molecule has 0 aliphatic carbocycles. The van der Waals surface area contributed by atoms with Crippen molar-refractivity contribution in [2.75, 3.05) is 20.1 Å². The van der Waals surface area contributed by atoms with E-state index in [1.807, 2.05) is 4.68 Å². The Hall–Kier alpha value is -0.830. The molecule has 0 radical (unpaired) electrons. The fraction of sp³-hybridized carbons (Fsp3) is 0.727. The van der Waals surface area contributed by atoms with Crippen LogP contribution in [0.25, 0.3) is 0 Å². The highest BCUT2D eigenvalue weighted by Crippen LogP contribution is 2.26. The third-order valence-corrected chi connectivity index (χ3v) is 3.08. The summed E-state index contributed by atoms with van der Waals surface area (Å²) in [6.45, 7) is 4.49. The summed E-state index contributed by atoms with van der Waals surface area (Å²) in [5.74, 6) is 0.681. The number of piperidine rings is 1. The molecule has 1 atom stereocenters. The van der Waals surface area contributed by atoms with Gasteiger partial charge in [-0.05, 0) is 39.4 Å². The molecule has 1 aliphatic heterocycles. The minimum atomic E-state index is 0.681. The minimum absolute atomic E-state index is 0.681. The molecule has 1 aliphatic rings. The first-order valence-corrected chi connectivity index (χ1v) is 5.36. The highest BCUT2D eigenvalue weighted by molar-refractivity contribution is 5.14. The summed E-state index contributed by atoms with van der Waals surface area (Å²) in [5, 5.41) is 4.41. The standard InChI is InChI=1S/C11H19N3/c1-9-7-11(14(3)12-9)10-5-4-6-13(2)8-10/h7,10H,4-6,8H2,1-3H3. The summed E-state index contributed by atoms with van der Waals surface area (Å²) in [6, 6.07) is 2.23. The van der Waals surface area contributed by atoms with E-state index in [2.05, 4.69) is 37.1 Å². The van der Waals surface area contributed by atoms with E-state index < -0.39 is 0 Å². The smallest absolute Gasteiger partial charge is 0.0596 e. The maximum Gasteiger partial charge on any atom is 0.0596 e. The van der Waals surface area contributed by atoms with Gasteiger partial charge >= 0.3 is 0 Å². The van der Waals surface area contributed by atoms with Crippen molar-refractivity contribution in [3.8, 4) is 0 Å². The van der Waals surface area contributed by atoms with Crippen molar-refractivity contribution in [3.05, 3.63) is 17.5 Å². The Labute approximate surface area is 85.7 Å². The van der Waals surface area contributed by atoms with Gasteiger partial charge in [0.05, 0.1) is 5.69 Å². The number of aryl methyl sites for hydroxylation is 2. The van der Waals surface area contributed by atoms with E-state index in [-0.39, 0.29) is 0 Å². The molecule has 0 spiro atoms. The fourth-order valence-corrected chi connectivity index (χ4v) is 2.42. The number of aromatic nitrogens is 2. The maximum absolute atomic E-state index is 4.41. The molecule has 0 aromatic carbocycles. The molecular formula is C11H19N3. The predicted octanol–water partition coefficient (Wildman–Crippen LogP) is 1.54. The summed E-state index contributed by atoms with van der Waals surface area (Å²) >= 11 is 0. The van der Waals surface area contributed by atoms with E-state index >= 15 is 0 Å².